The molecule has 2 heterocycles. The predicted octanol–water partition coefficient (Wildman–Crippen LogP) is 3.60. The van der Waals surface area contributed by atoms with Gasteiger partial charge in [-0.15, -0.1) is 16.4 Å². The number of hydrogen-bond acceptors (Lipinski definition) is 5. The zero-order valence-corrected chi connectivity index (χ0v) is 12.3. The lowest BCUT2D eigenvalue weighted by atomic mass is 9.90. The van der Waals surface area contributed by atoms with Crippen LogP contribution in [0.25, 0.3) is 0 Å². The van der Waals surface area contributed by atoms with Crippen LogP contribution in [0.3, 0.4) is 0 Å². The van der Waals surface area contributed by atoms with Crippen LogP contribution in [0, 0.1) is 0 Å². The summed E-state index contributed by atoms with van der Waals surface area (Å²) in [4.78, 5) is 1.98. The van der Waals surface area contributed by atoms with Crippen molar-refractivity contribution in [2.75, 3.05) is 0 Å². The summed E-state index contributed by atoms with van der Waals surface area (Å²) in [7, 11) is 0. The highest BCUT2D eigenvalue weighted by Gasteiger charge is 2.27. The zero-order chi connectivity index (χ0) is 12.6. The standard InChI is InChI=1S/C11H14ClN3S2/c1-11(2,3)10-9(17-15-14-10)7(13)8-6(12)4-5-16-8/h4-5,7H,13H2,1-3H3. The van der Waals surface area contributed by atoms with Crippen LogP contribution in [0.5, 0.6) is 0 Å². The Morgan fingerprint density at radius 3 is 2.59 bits per heavy atom. The van der Waals surface area contributed by atoms with Crippen LogP contribution in [0.4, 0.5) is 0 Å². The first kappa shape index (κ1) is 13.0. The molecule has 0 aliphatic heterocycles. The second-order valence-corrected chi connectivity index (χ2v) is 6.99. The highest BCUT2D eigenvalue weighted by molar-refractivity contribution is 7.11. The first-order valence-corrected chi connectivity index (χ1v) is 7.25. The summed E-state index contributed by atoms with van der Waals surface area (Å²) >= 11 is 9.04. The second-order valence-electron chi connectivity index (χ2n) is 4.85. The van der Waals surface area contributed by atoms with Gasteiger partial charge in [-0.2, -0.15) is 0 Å². The number of rotatable bonds is 2. The van der Waals surface area contributed by atoms with E-state index in [0.717, 1.165) is 20.5 Å². The van der Waals surface area contributed by atoms with Gasteiger partial charge in [-0.05, 0) is 23.0 Å². The molecular weight excluding hydrogens is 274 g/mol. The van der Waals surface area contributed by atoms with Crippen LogP contribution in [0.1, 0.15) is 42.3 Å². The van der Waals surface area contributed by atoms with E-state index >= 15 is 0 Å². The molecule has 2 aromatic heterocycles. The number of thiophene rings is 1. The van der Waals surface area contributed by atoms with Crippen LogP contribution >= 0.6 is 34.5 Å². The smallest absolute Gasteiger partial charge is 0.0860 e. The summed E-state index contributed by atoms with van der Waals surface area (Å²) in [5, 5.41) is 6.86. The quantitative estimate of drug-likeness (QED) is 0.918. The van der Waals surface area contributed by atoms with E-state index in [2.05, 4.69) is 30.4 Å². The van der Waals surface area contributed by atoms with E-state index in [9.17, 15) is 0 Å². The molecule has 1 atom stereocenters. The summed E-state index contributed by atoms with van der Waals surface area (Å²) in [5.41, 5.74) is 7.17. The normalized spacial score (nSPS) is 13.9. The molecule has 0 aliphatic rings. The SMILES string of the molecule is CC(C)(C)c1nnsc1C(N)c1sccc1Cl. The summed E-state index contributed by atoms with van der Waals surface area (Å²) in [6.45, 7) is 6.32. The van der Waals surface area contributed by atoms with Crippen molar-refractivity contribution in [3.8, 4) is 0 Å². The molecule has 0 fully saturated rings. The average molecular weight is 288 g/mol. The van der Waals surface area contributed by atoms with Gasteiger partial charge < -0.3 is 5.73 Å². The Labute approximate surface area is 114 Å². The fourth-order valence-electron chi connectivity index (χ4n) is 1.57. The van der Waals surface area contributed by atoms with Gasteiger partial charge in [0.05, 0.1) is 21.6 Å². The topological polar surface area (TPSA) is 51.8 Å². The monoisotopic (exact) mass is 287 g/mol. The van der Waals surface area contributed by atoms with Crippen LogP contribution < -0.4 is 5.73 Å². The molecule has 0 spiro atoms. The van der Waals surface area contributed by atoms with Gasteiger partial charge in [0.25, 0.3) is 0 Å². The van der Waals surface area contributed by atoms with Crippen LogP contribution in [-0.4, -0.2) is 9.59 Å². The van der Waals surface area contributed by atoms with Gasteiger partial charge in [0, 0.05) is 10.3 Å². The Balaban J connectivity index is 2.42. The lowest BCUT2D eigenvalue weighted by molar-refractivity contribution is 0.557. The van der Waals surface area contributed by atoms with Gasteiger partial charge in [-0.3, -0.25) is 0 Å². The molecule has 92 valence electrons. The molecule has 6 heteroatoms. The van der Waals surface area contributed by atoms with Crippen molar-refractivity contribution in [2.45, 2.75) is 32.2 Å². The Kier molecular flexibility index (Phi) is 3.54. The lowest BCUT2D eigenvalue weighted by Gasteiger charge is -2.19. The first-order valence-electron chi connectivity index (χ1n) is 5.22. The Bertz CT molecular complexity index is 513. The molecule has 0 saturated heterocycles. The molecular formula is C11H14ClN3S2. The van der Waals surface area contributed by atoms with Gasteiger partial charge >= 0.3 is 0 Å². The largest absolute Gasteiger partial charge is 0.319 e. The molecule has 1 unspecified atom stereocenters. The minimum atomic E-state index is -0.225. The first-order chi connectivity index (χ1) is 7.91. The molecule has 0 saturated carbocycles. The number of hydrogen-bond donors (Lipinski definition) is 1. The third-order valence-corrected chi connectivity index (χ3v) is 4.68. The molecule has 0 amide bonds. The number of halogens is 1. The van der Waals surface area contributed by atoms with Crippen molar-refractivity contribution in [2.24, 2.45) is 5.73 Å². The lowest BCUT2D eigenvalue weighted by Crippen LogP contribution is -2.19. The van der Waals surface area contributed by atoms with E-state index < -0.39 is 0 Å². The molecule has 0 radical (unpaired) electrons. The zero-order valence-electron chi connectivity index (χ0n) is 9.90. The molecule has 0 aromatic carbocycles. The third-order valence-electron chi connectivity index (χ3n) is 2.43. The van der Waals surface area contributed by atoms with Gasteiger partial charge in [0.15, 0.2) is 0 Å². The molecule has 0 bridgehead atoms. The van der Waals surface area contributed by atoms with Crippen molar-refractivity contribution >= 4 is 34.5 Å². The van der Waals surface area contributed by atoms with Crippen molar-refractivity contribution in [3.05, 3.63) is 31.9 Å². The maximum absolute atomic E-state index is 6.26. The highest BCUT2D eigenvalue weighted by atomic mass is 35.5. The summed E-state index contributed by atoms with van der Waals surface area (Å²) < 4.78 is 4.02. The Hall–Kier alpha value is -0.490. The molecule has 2 N–H and O–H groups in total. The highest BCUT2D eigenvalue weighted by Crippen LogP contribution is 2.36. The van der Waals surface area contributed by atoms with E-state index in [-0.39, 0.29) is 11.5 Å². The Morgan fingerprint density at radius 2 is 2.06 bits per heavy atom. The summed E-state index contributed by atoms with van der Waals surface area (Å²) in [6.07, 6.45) is 0. The van der Waals surface area contributed by atoms with Crippen LogP contribution in [0.2, 0.25) is 5.02 Å². The minimum absolute atomic E-state index is 0.0519. The van der Waals surface area contributed by atoms with Crippen molar-refractivity contribution in [1.82, 2.24) is 9.59 Å². The minimum Gasteiger partial charge on any atom is -0.319 e. The molecule has 2 rings (SSSR count). The van der Waals surface area contributed by atoms with Crippen LogP contribution in [-0.2, 0) is 5.41 Å². The fraction of sp³-hybridized carbons (Fsp3) is 0.455. The molecule has 2 aromatic rings. The van der Waals surface area contributed by atoms with Gasteiger partial charge in [0.2, 0.25) is 0 Å². The summed E-state index contributed by atoms with van der Waals surface area (Å²) in [6, 6.07) is 1.64. The van der Waals surface area contributed by atoms with E-state index in [1.807, 2.05) is 11.4 Å². The number of nitrogens with two attached hydrogens (primary N) is 1. The maximum Gasteiger partial charge on any atom is 0.0860 e. The molecule has 0 aliphatic carbocycles. The van der Waals surface area contributed by atoms with E-state index in [1.165, 1.54) is 11.5 Å². The summed E-state index contributed by atoms with van der Waals surface area (Å²) in [5.74, 6) is 0. The second kappa shape index (κ2) is 4.65. The van der Waals surface area contributed by atoms with Crippen molar-refractivity contribution in [1.29, 1.82) is 0 Å². The predicted molar refractivity (Wildman–Crippen MR) is 74.0 cm³/mol. The van der Waals surface area contributed by atoms with Crippen molar-refractivity contribution in [3.63, 3.8) is 0 Å². The average Bonchev–Trinajstić information content (AvgIpc) is 2.82. The third kappa shape index (κ3) is 2.52. The van der Waals surface area contributed by atoms with Gasteiger partial charge in [-0.1, -0.05) is 36.9 Å². The van der Waals surface area contributed by atoms with E-state index in [1.54, 1.807) is 11.3 Å². The van der Waals surface area contributed by atoms with E-state index in [0.29, 0.717) is 0 Å². The molecule has 17 heavy (non-hydrogen) atoms. The van der Waals surface area contributed by atoms with E-state index in [4.69, 9.17) is 17.3 Å². The Morgan fingerprint density at radius 1 is 1.35 bits per heavy atom. The molecule has 3 nitrogen and oxygen atoms in total. The fourth-order valence-corrected chi connectivity index (χ4v) is 3.70. The number of aromatic nitrogens is 2. The van der Waals surface area contributed by atoms with Gasteiger partial charge in [0.1, 0.15) is 0 Å². The maximum atomic E-state index is 6.26. The van der Waals surface area contributed by atoms with Crippen molar-refractivity contribution < 1.29 is 0 Å². The van der Waals surface area contributed by atoms with Crippen LogP contribution in [0.15, 0.2) is 11.4 Å². The van der Waals surface area contributed by atoms with Gasteiger partial charge in [-0.25, -0.2) is 0 Å². The number of nitrogens with zero attached hydrogens (tertiary/aromatic N) is 2.